The van der Waals surface area contributed by atoms with Gasteiger partial charge in [-0.05, 0) is 30.2 Å². The van der Waals surface area contributed by atoms with Crippen LogP contribution in [0.5, 0.6) is 0 Å². The van der Waals surface area contributed by atoms with Gasteiger partial charge in [-0.1, -0.05) is 102 Å². The molecule has 6 heteroatoms. The molecule has 0 amide bonds. The van der Waals surface area contributed by atoms with E-state index in [0.29, 0.717) is 32.5 Å². The van der Waals surface area contributed by atoms with Crippen LogP contribution in [0.25, 0.3) is 22.4 Å². The molecule has 5 rings (SSSR count). The van der Waals surface area contributed by atoms with E-state index in [2.05, 4.69) is 9.97 Å². The summed E-state index contributed by atoms with van der Waals surface area (Å²) in [7, 11) is 0. The fourth-order valence-corrected chi connectivity index (χ4v) is 4.63. The molecule has 1 aromatic heterocycles. The highest BCUT2D eigenvalue weighted by molar-refractivity contribution is 6.36. The Morgan fingerprint density at radius 1 is 0.778 bits per heavy atom. The molecule has 0 atom stereocenters. The molecule has 1 heterocycles. The number of nitrogens with one attached hydrogen (secondary N) is 1. The number of carbonyl (C=O) groups is 2. The minimum atomic E-state index is -0.00448. The molecule has 5 aromatic rings. The summed E-state index contributed by atoms with van der Waals surface area (Å²) in [5.41, 5.74) is 6.03. The third-order valence-corrected chi connectivity index (χ3v) is 6.94. The van der Waals surface area contributed by atoms with Crippen LogP contribution in [0, 0.1) is 6.92 Å². The molecule has 0 aliphatic carbocycles. The summed E-state index contributed by atoms with van der Waals surface area (Å²) in [4.78, 5) is 33.3. The Bertz CT molecular complexity index is 1590. The van der Waals surface area contributed by atoms with Crippen molar-refractivity contribution in [2.75, 3.05) is 0 Å². The summed E-state index contributed by atoms with van der Waals surface area (Å²) in [6.45, 7) is 1.99. The van der Waals surface area contributed by atoms with Gasteiger partial charge in [0.25, 0.3) is 0 Å². The van der Waals surface area contributed by atoms with Crippen LogP contribution in [0.1, 0.15) is 37.4 Å². The molecule has 0 aliphatic rings. The second-order valence-electron chi connectivity index (χ2n) is 8.76. The van der Waals surface area contributed by atoms with Crippen LogP contribution in [0.3, 0.4) is 0 Å². The van der Waals surface area contributed by atoms with E-state index in [1.165, 1.54) is 0 Å². The summed E-state index contributed by atoms with van der Waals surface area (Å²) in [5, 5.41) is 0.944. The van der Waals surface area contributed by atoms with E-state index < -0.39 is 0 Å². The number of halogens is 2. The number of hydrogen-bond acceptors (Lipinski definition) is 3. The molecule has 4 nitrogen and oxygen atoms in total. The Kier molecular flexibility index (Phi) is 6.73. The Morgan fingerprint density at radius 3 is 2.11 bits per heavy atom. The topological polar surface area (TPSA) is 62.8 Å². The third kappa shape index (κ3) is 4.97. The summed E-state index contributed by atoms with van der Waals surface area (Å²) >= 11 is 13.2. The predicted molar refractivity (Wildman–Crippen MR) is 145 cm³/mol. The number of rotatable bonds is 7. The van der Waals surface area contributed by atoms with Gasteiger partial charge in [0, 0.05) is 34.6 Å². The largest absolute Gasteiger partial charge is 0.338 e. The zero-order chi connectivity index (χ0) is 25.2. The number of fused-ring (bicyclic) bond motifs is 1. The predicted octanol–water partition coefficient (Wildman–Crippen LogP) is 7.70. The van der Waals surface area contributed by atoms with Gasteiger partial charge in [-0.15, -0.1) is 0 Å². The SMILES string of the molecule is Cc1ccc(C(=O)Cc2ccc(-c3nc4c(Cl)c(CC(=O)c5ccccc5)ccc4[nH]3)cc2Cl)cc1. The van der Waals surface area contributed by atoms with Gasteiger partial charge in [0.05, 0.1) is 10.5 Å². The van der Waals surface area contributed by atoms with Crippen LogP contribution < -0.4 is 0 Å². The fourth-order valence-electron chi connectivity index (χ4n) is 4.11. The Balaban J connectivity index is 1.38. The zero-order valence-electron chi connectivity index (χ0n) is 19.5. The summed E-state index contributed by atoms with van der Waals surface area (Å²) in [6.07, 6.45) is 0.406. The van der Waals surface area contributed by atoms with Gasteiger partial charge in [-0.25, -0.2) is 4.98 Å². The lowest BCUT2D eigenvalue weighted by atomic mass is 10.0. The van der Waals surface area contributed by atoms with E-state index in [0.717, 1.165) is 27.8 Å². The lowest BCUT2D eigenvalue weighted by Gasteiger charge is -2.06. The average molecular weight is 513 g/mol. The highest BCUT2D eigenvalue weighted by Gasteiger charge is 2.16. The fraction of sp³-hybridized carbons (Fsp3) is 0.100. The molecule has 1 N–H and O–H groups in total. The maximum atomic E-state index is 12.7. The number of H-pyrrole nitrogens is 1. The number of aromatic nitrogens is 2. The van der Waals surface area contributed by atoms with Gasteiger partial charge in [-0.2, -0.15) is 0 Å². The molecule has 178 valence electrons. The van der Waals surface area contributed by atoms with Crippen molar-refractivity contribution >= 4 is 45.8 Å². The first-order valence-corrected chi connectivity index (χ1v) is 12.3. The van der Waals surface area contributed by atoms with E-state index in [9.17, 15) is 9.59 Å². The van der Waals surface area contributed by atoms with Gasteiger partial charge < -0.3 is 4.98 Å². The van der Waals surface area contributed by atoms with Crippen molar-refractivity contribution in [3.63, 3.8) is 0 Å². The third-order valence-electron chi connectivity index (χ3n) is 6.17. The molecule has 0 aliphatic heterocycles. The number of aromatic amines is 1. The first-order valence-electron chi connectivity index (χ1n) is 11.5. The highest BCUT2D eigenvalue weighted by atomic mass is 35.5. The normalized spacial score (nSPS) is 11.1. The average Bonchev–Trinajstić information content (AvgIpc) is 3.33. The van der Waals surface area contributed by atoms with Gasteiger partial charge in [0.1, 0.15) is 11.3 Å². The Hall–Kier alpha value is -3.73. The lowest BCUT2D eigenvalue weighted by molar-refractivity contribution is 0.0985. The minimum Gasteiger partial charge on any atom is -0.338 e. The van der Waals surface area contributed by atoms with Crippen molar-refractivity contribution in [1.82, 2.24) is 9.97 Å². The van der Waals surface area contributed by atoms with E-state index in [4.69, 9.17) is 23.2 Å². The maximum absolute atomic E-state index is 12.7. The smallest absolute Gasteiger partial charge is 0.167 e. The second kappa shape index (κ2) is 10.1. The molecule has 0 radical (unpaired) electrons. The van der Waals surface area contributed by atoms with Crippen LogP contribution in [0.15, 0.2) is 84.9 Å². The van der Waals surface area contributed by atoms with Crippen LogP contribution in [0.2, 0.25) is 10.0 Å². The molecular weight excluding hydrogens is 491 g/mol. The van der Waals surface area contributed by atoms with E-state index >= 15 is 0 Å². The molecular formula is C30H22Cl2N2O2. The zero-order valence-corrected chi connectivity index (χ0v) is 21.0. The van der Waals surface area contributed by atoms with E-state index in [-0.39, 0.29) is 24.4 Å². The summed E-state index contributed by atoms with van der Waals surface area (Å²) < 4.78 is 0. The number of nitrogens with zero attached hydrogens (tertiary/aromatic N) is 1. The first kappa shape index (κ1) is 24.0. The molecule has 0 spiro atoms. The van der Waals surface area contributed by atoms with Crippen LogP contribution in [-0.4, -0.2) is 21.5 Å². The van der Waals surface area contributed by atoms with Gasteiger partial charge in [-0.3, -0.25) is 9.59 Å². The molecule has 0 fully saturated rings. The van der Waals surface area contributed by atoms with Crippen molar-refractivity contribution in [2.45, 2.75) is 19.8 Å². The quantitative estimate of drug-likeness (QED) is 0.227. The van der Waals surface area contributed by atoms with Gasteiger partial charge >= 0.3 is 0 Å². The maximum Gasteiger partial charge on any atom is 0.167 e. The van der Waals surface area contributed by atoms with Gasteiger partial charge in [0.15, 0.2) is 11.6 Å². The second-order valence-corrected chi connectivity index (χ2v) is 9.54. The van der Waals surface area contributed by atoms with Gasteiger partial charge in [0.2, 0.25) is 0 Å². The molecule has 0 bridgehead atoms. The van der Waals surface area contributed by atoms with Crippen LogP contribution in [0.4, 0.5) is 0 Å². The van der Waals surface area contributed by atoms with Crippen molar-refractivity contribution in [3.05, 3.63) is 123 Å². The number of imidazole rings is 1. The number of Topliss-reactive ketones (excluding diaryl/α,β-unsaturated/α-hetero) is 2. The Labute approximate surface area is 218 Å². The lowest BCUT2D eigenvalue weighted by Crippen LogP contribution is -2.04. The highest BCUT2D eigenvalue weighted by Crippen LogP contribution is 2.31. The van der Waals surface area contributed by atoms with E-state index in [1.54, 1.807) is 18.2 Å². The number of benzene rings is 4. The van der Waals surface area contributed by atoms with E-state index in [1.807, 2.05) is 73.7 Å². The number of hydrogen-bond donors (Lipinski definition) is 1. The Morgan fingerprint density at radius 2 is 1.42 bits per heavy atom. The number of ketones is 2. The van der Waals surface area contributed by atoms with Crippen molar-refractivity contribution in [1.29, 1.82) is 0 Å². The molecule has 0 unspecified atom stereocenters. The number of carbonyl (C=O) groups excluding carboxylic acids is 2. The van der Waals surface area contributed by atoms with Crippen LogP contribution in [-0.2, 0) is 12.8 Å². The van der Waals surface area contributed by atoms with Crippen molar-refractivity contribution in [2.24, 2.45) is 0 Å². The van der Waals surface area contributed by atoms with Crippen molar-refractivity contribution in [3.8, 4) is 11.4 Å². The monoisotopic (exact) mass is 512 g/mol. The molecule has 4 aromatic carbocycles. The minimum absolute atomic E-state index is 0.00448. The number of aryl methyl sites for hydroxylation is 1. The van der Waals surface area contributed by atoms with Crippen LogP contribution >= 0.6 is 23.2 Å². The molecule has 0 saturated heterocycles. The summed E-state index contributed by atoms with van der Waals surface area (Å²) in [5.74, 6) is 0.615. The van der Waals surface area contributed by atoms with Crippen molar-refractivity contribution < 1.29 is 9.59 Å². The standard InChI is InChI=1S/C30H22Cl2N2O2/c1-18-7-9-20(10-8-18)26(35)16-21-11-12-23(15-24(21)31)30-33-25-14-13-22(28(32)29(25)34-30)17-27(36)19-5-3-2-4-6-19/h2-15H,16-17H2,1H3,(H,33,34). The molecule has 0 saturated carbocycles. The molecule has 36 heavy (non-hydrogen) atoms. The first-order chi connectivity index (χ1) is 17.4. The summed E-state index contributed by atoms with van der Waals surface area (Å²) in [6, 6.07) is 25.9.